The molecular formula is C17H19LiO4. The molecule has 5 heteroatoms. The molecule has 22 heavy (non-hydrogen) atoms. The van der Waals surface area contributed by atoms with Crippen LogP contribution in [0, 0.1) is 0 Å². The number of esters is 1. The third-order valence-electron chi connectivity index (χ3n) is 3.62. The molecule has 1 aromatic carbocycles. The van der Waals surface area contributed by atoms with Gasteiger partial charge in [0.05, 0.1) is 18.2 Å². The van der Waals surface area contributed by atoms with Crippen molar-refractivity contribution < 1.29 is 38.2 Å². The van der Waals surface area contributed by atoms with E-state index in [4.69, 9.17) is 9.47 Å². The van der Waals surface area contributed by atoms with E-state index in [1.54, 1.807) is 19.9 Å². The van der Waals surface area contributed by atoms with E-state index < -0.39 is 5.60 Å². The Morgan fingerprint density at radius 1 is 1.36 bits per heavy atom. The summed E-state index contributed by atoms with van der Waals surface area (Å²) in [5, 5.41) is 11.5. The van der Waals surface area contributed by atoms with Gasteiger partial charge < -0.3 is 14.6 Å². The van der Waals surface area contributed by atoms with Gasteiger partial charge in [0.25, 0.3) is 0 Å². The van der Waals surface area contributed by atoms with Gasteiger partial charge in [-0.2, -0.15) is 0 Å². The van der Waals surface area contributed by atoms with Crippen LogP contribution >= 0.6 is 0 Å². The topological polar surface area (TPSA) is 58.6 Å². The molecular weight excluding hydrogens is 275 g/mol. The molecule has 0 radical (unpaired) electrons. The SMILES string of the molecule is CCOC(=O)/C=C/CCC1(c2ccccc2)OC([O-])=C1C.[Li+]. The number of ether oxygens (including phenoxy) is 2. The summed E-state index contributed by atoms with van der Waals surface area (Å²) >= 11 is 0. The summed E-state index contributed by atoms with van der Waals surface area (Å²) < 4.78 is 10.3. The number of benzene rings is 1. The van der Waals surface area contributed by atoms with Gasteiger partial charge in [-0.05, 0) is 37.8 Å². The van der Waals surface area contributed by atoms with Crippen LogP contribution in [0.3, 0.4) is 0 Å². The van der Waals surface area contributed by atoms with Gasteiger partial charge in [0, 0.05) is 6.08 Å². The van der Waals surface area contributed by atoms with Crippen molar-refractivity contribution >= 4 is 5.97 Å². The molecule has 1 aliphatic heterocycles. The molecule has 1 aromatic rings. The van der Waals surface area contributed by atoms with Crippen LogP contribution in [-0.4, -0.2) is 12.6 Å². The van der Waals surface area contributed by atoms with Crippen LogP contribution in [0.5, 0.6) is 0 Å². The Balaban J connectivity index is 0.00000242. The molecule has 0 amide bonds. The van der Waals surface area contributed by atoms with E-state index in [0.717, 1.165) is 5.56 Å². The molecule has 0 aliphatic carbocycles. The molecule has 0 saturated carbocycles. The minimum absolute atomic E-state index is 0. The molecule has 0 spiro atoms. The molecule has 0 N–H and O–H groups in total. The minimum Gasteiger partial charge on any atom is -0.598 e. The summed E-state index contributed by atoms with van der Waals surface area (Å²) in [7, 11) is 0. The standard InChI is InChI=1S/C17H20O4.Li/c1-3-20-15(18)11-7-8-12-17(13(2)16(19)21-17)14-9-5-4-6-10-14;/h4-7,9-11,19H,3,8,12H2,1-2H3;/q;+1/p-1/b11-7+;. The summed E-state index contributed by atoms with van der Waals surface area (Å²) in [6, 6.07) is 9.67. The maximum Gasteiger partial charge on any atom is 1.00 e. The van der Waals surface area contributed by atoms with Crippen molar-refractivity contribution in [2.24, 2.45) is 0 Å². The van der Waals surface area contributed by atoms with E-state index in [2.05, 4.69) is 0 Å². The summed E-state index contributed by atoms with van der Waals surface area (Å²) in [6.45, 7) is 3.93. The van der Waals surface area contributed by atoms with E-state index in [0.29, 0.717) is 25.0 Å². The third-order valence-corrected chi connectivity index (χ3v) is 3.62. The molecule has 1 atom stereocenters. The van der Waals surface area contributed by atoms with Crippen LogP contribution in [0.4, 0.5) is 0 Å². The third kappa shape index (κ3) is 3.76. The first-order valence-electron chi connectivity index (χ1n) is 7.06. The predicted octanol–water partition coefficient (Wildman–Crippen LogP) is -0.593. The van der Waals surface area contributed by atoms with Gasteiger partial charge in [-0.1, -0.05) is 36.4 Å². The second kappa shape index (κ2) is 8.12. The van der Waals surface area contributed by atoms with Crippen molar-refractivity contribution in [1.82, 2.24) is 0 Å². The Labute approximate surface area is 143 Å². The summed E-state index contributed by atoms with van der Waals surface area (Å²) in [6.07, 6.45) is 4.41. The summed E-state index contributed by atoms with van der Waals surface area (Å²) in [5.41, 5.74) is 1.02. The molecule has 0 saturated heterocycles. The molecule has 1 unspecified atom stereocenters. The molecule has 112 valence electrons. The average molecular weight is 294 g/mol. The maximum absolute atomic E-state index is 11.5. The van der Waals surface area contributed by atoms with E-state index in [1.165, 1.54) is 6.08 Å². The number of hydrogen-bond donors (Lipinski definition) is 0. The van der Waals surface area contributed by atoms with Crippen LogP contribution in [0.25, 0.3) is 0 Å². The zero-order valence-corrected chi connectivity index (χ0v) is 13.3. The predicted molar refractivity (Wildman–Crippen MR) is 76.9 cm³/mol. The minimum atomic E-state index is -0.655. The van der Waals surface area contributed by atoms with Crippen LogP contribution in [0.15, 0.2) is 54.0 Å². The summed E-state index contributed by atoms with van der Waals surface area (Å²) in [4.78, 5) is 11.2. The van der Waals surface area contributed by atoms with Crippen LogP contribution in [0.1, 0.15) is 32.3 Å². The van der Waals surface area contributed by atoms with Gasteiger partial charge >= 0.3 is 24.8 Å². The smallest absolute Gasteiger partial charge is 0.598 e. The molecule has 0 fully saturated rings. The number of rotatable bonds is 6. The molecule has 0 aromatic heterocycles. The zero-order valence-electron chi connectivity index (χ0n) is 13.3. The Bertz CT molecular complexity index is 565. The second-order valence-corrected chi connectivity index (χ2v) is 4.90. The van der Waals surface area contributed by atoms with Crippen molar-refractivity contribution in [2.75, 3.05) is 6.61 Å². The van der Waals surface area contributed by atoms with Crippen LogP contribution in [0.2, 0.25) is 0 Å². The van der Waals surface area contributed by atoms with Crippen molar-refractivity contribution in [1.29, 1.82) is 0 Å². The molecule has 1 heterocycles. The van der Waals surface area contributed by atoms with Crippen LogP contribution in [-0.2, 0) is 19.9 Å². The van der Waals surface area contributed by atoms with Gasteiger partial charge in [0.15, 0.2) is 0 Å². The van der Waals surface area contributed by atoms with E-state index >= 15 is 0 Å². The monoisotopic (exact) mass is 294 g/mol. The van der Waals surface area contributed by atoms with Crippen molar-refractivity contribution in [3.63, 3.8) is 0 Å². The normalized spacial score (nSPS) is 20.1. The fourth-order valence-electron chi connectivity index (χ4n) is 2.45. The number of hydrogen-bond acceptors (Lipinski definition) is 4. The maximum atomic E-state index is 11.5. The molecule has 0 bridgehead atoms. The van der Waals surface area contributed by atoms with Crippen LogP contribution < -0.4 is 24.0 Å². The van der Waals surface area contributed by atoms with E-state index in [9.17, 15) is 9.90 Å². The van der Waals surface area contributed by atoms with Gasteiger partial charge in [-0.3, -0.25) is 0 Å². The molecule has 1 aliphatic rings. The Morgan fingerprint density at radius 3 is 2.59 bits per heavy atom. The van der Waals surface area contributed by atoms with Gasteiger partial charge in [0.2, 0.25) is 0 Å². The van der Waals surface area contributed by atoms with E-state index in [-0.39, 0.29) is 30.8 Å². The van der Waals surface area contributed by atoms with Gasteiger partial charge in [0.1, 0.15) is 0 Å². The van der Waals surface area contributed by atoms with Crippen molar-refractivity contribution in [3.05, 3.63) is 59.6 Å². The zero-order chi connectivity index (χ0) is 15.3. The quantitative estimate of drug-likeness (QED) is 0.400. The van der Waals surface area contributed by atoms with Gasteiger partial charge in [-0.15, -0.1) is 0 Å². The molecule has 2 rings (SSSR count). The summed E-state index contributed by atoms with van der Waals surface area (Å²) in [5.74, 6) is -0.606. The first kappa shape index (κ1) is 18.4. The largest absolute Gasteiger partial charge is 1.00 e. The Hall–Kier alpha value is -1.63. The molecule has 4 nitrogen and oxygen atoms in total. The number of carbonyl (C=O) groups excluding carboxylic acids is 1. The fraction of sp³-hybridized carbons (Fsp3) is 0.353. The van der Waals surface area contributed by atoms with E-state index in [1.807, 2.05) is 30.3 Å². The Morgan fingerprint density at radius 2 is 2.05 bits per heavy atom. The van der Waals surface area contributed by atoms with Crippen molar-refractivity contribution in [3.8, 4) is 0 Å². The second-order valence-electron chi connectivity index (χ2n) is 4.90. The first-order chi connectivity index (χ1) is 10.1. The number of allylic oxidation sites excluding steroid dienone is 1. The first-order valence-corrected chi connectivity index (χ1v) is 7.06. The fourth-order valence-corrected chi connectivity index (χ4v) is 2.45. The number of carbonyl (C=O) groups is 1. The average Bonchev–Trinajstić information content (AvgIpc) is 2.51. The Kier molecular flexibility index (Phi) is 6.80. The van der Waals surface area contributed by atoms with Crippen molar-refractivity contribution in [2.45, 2.75) is 32.3 Å². The van der Waals surface area contributed by atoms with Gasteiger partial charge in [-0.25, -0.2) is 4.79 Å².